The summed E-state index contributed by atoms with van der Waals surface area (Å²) in [5.41, 5.74) is 1.78. The fourth-order valence-electron chi connectivity index (χ4n) is 3.37. The van der Waals surface area contributed by atoms with E-state index in [1.165, 1.54) is 0 Å². The molecule has 0 spiro atoms. The van der Waals surface area contributed by atoms with Crippen molar-refractivity contribution in [2.45, 2.75) is 19.8 Å². The van der Waals surface area contributed by atoms with Gasteiger partial charge in [-0.25, -0.2) is 4.79 Å². The highest BCUT2D eigenvalue weighted by atomic mass is 16.5. The number of methoxy groups -OCH3 is 2. The molecule has 0 atom stereocenters. The summed E-state index contributed by atoms with van der Waals surface area (Å²) in [6, 6.07) is 13.2. The van der Waals surface area contributed by atoms with Crippen LogP contribution < -0.4 is 24.4 Å². The molecule has 1 saturated heterocycles. The zero-order chi connectivity index (χ0) is 21.3. The molecule has 0 aromatic heterocycles. The first kappa shape index (κ1) is 21.6. The number of amides is 2. The maximum absolute atomic E-state index is 12.6. The van der Waals surface area contributed by atoms with Crippen LogP contribution in [0.25, 0.3) is 0 Å². The number of nitrogens with zero attached hydrogens (tertiary/aromatic N) is 2. The van der Waals surface area contributed by atoms with Crippen LogP contribution in [0.4, 0.5) is 16.2 Å². The van der Waals surface area contributed by atoms with Gasteiger partial charge in [-0.3, -0.25) is 0 Å². The number of rotatable bonds is 8. The lowest BCUT2D eigenvalue weighted by atomic mass is 10.2. The predicted octanol–water partition coefficient (Wildman–Crippen LogP) is 4.24. The van der Waals surface area contributed by atoms with E-state index in [2.05, 4.69) is 17.1 Å². The number of hydrogen-bond donors (Lipinski definition) is 1. The van der Waals surface area contributed by atoms with Gasteiger partial charge in [0.15, 0.2) is 0 Å². The van der Waals surface area contributed by atoms with Crippen LogP contribution >= 0.6 is 0 Å². The summed E-state index contributed by atoms with van der Waals surface area (Å²) in [6.45, 7) is 5.60. The summed E-state index contributed by atoms with van der Waals surface area (Å²) in [5, 5.41) is 2.97. The molecule has 2 amide bonds. The molecular weight excluding hydrogens is 382 g/mol. The highest BCUT2D eigenvalue weighted by Crippen LogP contribution is 2.32. The molecule has 30 heavy (non-hydrogen) atoms. The molecule has 1 fully saturated rings. The highest BCUT2D eigenvalue weighted by Gasteiger charge is 2.23. The number of urea groups is 1. The van der Waals surface area contributed by atoms with Crippen molar-refractivity contribution < 1.29 is 19.0 Å². The van der Waals surface area contributed by atoms with Gasteiger partial charge in [-0.15, -0.1) is 0 Å². The summed E-state index contributed by atoms with van der Waals surface area (Å²) >= 11 is 0. The molecular formula is C23H31N3O4. The van der Waals surface area contributed by atoms with Crippen molar-refractivity contribution in [1.82, 2.24) is 4.90 Å². The number of carbonyl (C=O) groups is 1. The van der Waals surface area contributed by atoms with Crippen LogP contribution in [0.5, 0.6) is 17.2 Å². The smallest absolute Gasteiger partial charge is 0.321 e. The molecule has 0 unspecified atom stereocenters. The molecule has 0 aliphatic carbocycles. The molecule has 1 aliphatic heterocycles. The second-order valence-corrected chi connectivity index (χ2v) is 7.17. The SMILES string of the molecule is CCCCOc1ccc(NC(=O)N2CCN(c3ccc(OC)cc3OC)CC2)cc1. The van der Waals surface area contributed by atoms with Gasteiger partial charge in [0.05, 0.1) is 26.5 Å². The largest absolute Gasteiger partial charge is 0.497 e. The first-order chi connectivity index (χ1) is 14.6. The third-order valence-corrected chi connectivity index (χ3v) is 5.17. The van der Waals surface area contributed by atoms with Crippen molar-refractivity contribution in [3.05, 3.63) is 42.5 Å². The second-order valence-electron chi connectivity index (χ2n) is 7.17. The van der Waals surface area contributed by atoms with Gasteiger partial charge in [-0.2, -0.15) is 0 Å². The van der Waals surface area contributed by atoms with Gasteiger partial charge in [0.25, 0.3) is 0 Å². The Morgan fingerprint density at radius 1 is 0.967 bits per heavy atom. The molecule has 7 nitrogen and oxygen atoms in total. The zero-order valence-electron chi connectivity index (χ0n) is 18.0. The first-order valence-corrected chi connectivity index (χ1v) is 10.4. The maximum Gasteiger partial charge on any atom is 0.321 e. The lowest BCUT2D eigenvalue weighted by Gasteiger charge is -2.36. The van der Waals surface area contributed by atoms with Gasteiger partial charge in [-0.1, -0.05) is 13.3 Å². The number of ether oxygens (including phenoxy) is 3. The van der Waals surface area contributed by atoms with Crippen molar-refractivity contribution in [3.63, 3.8) is 0 Å². The Hall–Kier alpha value is -3.09. The van der Waals surface area contributed by atoms with Gasteiger partial charge in [-0.05, 0) is 42.8 Å². The van der Waals surface area contributed by atoms with Crippen LogP contribution in [0, 0.1) is 0 Å². The monoisotopic (exact) mass is 413 g/mol. The molecule has 162 valence electrons. The van der Waals surface area contributed by atoms with E-state index < -0.39 is 0 Å². The Kier molecular flexibility index (Phi) is 7.65. The molecule has 1 N–H and O–H groups in total. The fraction of sp³-hybridized carbons (Fsp3) is 0.435. The van der Waals surface area contributed by atoms with Crippen molar-refractivity contribution in [3.8, 4) is 17.2 Å². The van der Waals surface area contributed by atoms with Crippen molar-refractivity contribution in [1.29, 1.82) is 0 Å². The maximum atomic E-state index is 12.6. The lowest BCUT2D eigenvalue weighted by molar-refractivity contribution is 0.208. The fourth-order valence-corrected chi connectivity index (χ4v) is 3.37. The van der Waals surface area contributed by atoms with Crippen molar-refractivity contribution in [2.24, 2.45) is 0 Å². The third kappa shape index (κ3) is 5.49. The van der Waals surface area contributed by atoms with Gasteiger partial charge in [0.1, 0.15) is 17.2 Å². The van der Waals surface area contributed by atoms with Crippen LogP contribution in [0.3, 0.4) is 0 Å². The Bertz CT molecular complexity index is 818. The van der Waals surface area contributed by atoms with E-state index >= 15 is 0 Å². The Morgan fingerprint density at radius 3 is 2.30 bits per heavy atom. The number of hydrogen-bond acceptors (Lipinski definition) is 5. The second kappa shape index (κ2) is 10.6. The van der Waals surface area contributed by atoms with E-state index in [1.807, 2.05) is 47.4 Å². The summed E-state index contributed by atoms with van der Waals surface area (Å²) < 4.78 is 16.4. The minimum atomic E-state index is -0.0870. The molecule has 1 heterocycles. The van der Waals surface area contributed by atoms with Gasteiger partial charge in [0, 0.05) is 37.9 Å². The number of carbonyl (C=O) groups excluding carboxylic acids is 1. The van der Waals surface area contributed by atoms with E-state index in [1.54, 1.807) is 14.2 Å². The average molecular weight is 414 g/mol. The number of anilines is 2. The minimum absolute atomic E-state index is 0.0870. The van der Waals surface area contributed by atoms with Crippen LogP contribution in [0.2, 0.25) is 0 Å². The highest BCUT2D eigenvalue weighted by molar-refractivity contribution is 5.89. The van der Waals surface area contributed by atoms with Crippen LogP contribution in [0.1, 0.15) is 19.8 Å². The zero-order valence-corrected chi connectivity index (χ0v) is 18.0. The first-order valence-electron chi connectivity index (χ1n) is 10.4. The molecule has 7 heteroatoms. The molecule has 0 saturated carbocycles. The molecule has 0 radical (unpaired) electrons. The summed E-state index contributed by atoms with van der Waals surface area (Å²) in [5.74, 6) is 2.35. The van der Waals surface area contributed by atoms with Gasteiger partial charge >= 0.3 is 6.03 Å². The standard InChI is InChI=1S/C23H31N3O4/c1-4-5-16-30-19-8-6-18(7-9-19)24-23(27)26-14-12-25(13-15-26)21-11-10-20(28-2)17-22(21)29-3/h6-11,17H,4-5,12-16H2,1-3H3,(H,24,27). The predicted molar refractivity (Wildman–Crippen MR) is 119 cm³/mol. The molecule has 2 aromatic rings. The third-order valence-electron chi connectivity index (χ3n) is 5.17. The number of piperazine rings is 1. The summed E-state index contributed by atoms with van der Waals surface area (Å²) in [6.07, 6.45) is 2.14. The van der Waals surface area contributed by atoms with E-state index in [0.717, 1.165) is 54.6 Å². The van der Waals surface area contributed by atoms with Crippen molar-refractivity contribution >= 4 is 17.4 Å². The topological polar surface area (TPSA) is 63.3 Å². The molecule has 3 rings (SSSR count). The molecule has 1 aliphatic rings. The van der Waals surface area contributed by atoms with E-state index in [0.29, 0.717) is 19.7 Å². The summed E-state index contributed by atoms with van der Waals surface area (Å²) in [4.78, 5) is 16.7. The van der Waals surface area contributed by atoms with Crippen LogP contribution in [-0.4, -0.2) is 57.9 Å². The number of benzene rings is 2. The Morgan fingerprint density at radius 2 is 1.67 bits per heavy atom. The Balaban J connectivity index is 1.52. The lowest BCUT2D eigenvalue weighted by Crippen LogP contribution is -2.50. The molecule has 0 bridgehead atoms. The van der Waals surface area contributed by atoms with Crippen molar-refractivity contribution in [2.75, 3.05) is 57.2 Å². The quantitative estimate of drug-likeness (QED) is 0.656. The molecule has 2 aromatic carbocycles. The van der Waals surface area contributed by atoms with E-state index in [9.17, 15) is 4.79 Å². The van der Waals surface area contributed by atoms with Crippen LogP contribution in [-0.2, 0) is 0 Å². The average Bonchev–Trinajstić information content (AvgIpc) is 2.80. The minimum Gasteiger partial charge on any atom is -0.497 e. The van der Waals surface area contributed by atoms with Crippen LogP contribution in [0.15, 0.2) is 42.5 Å². The van der Waals surface area contributed by atoms with E-state index in [-0.39, 0.29) is 6.03 Å². The summed E-state index contributed by atoms with van der Waals surface area (Å²) in [7, 11) is 3.29. The van der Waals surface area contributed by atoms with Gasteiger partial charge < -0.3 is 29.3 Å². The Labute approximate surface area is 178 Å². The number of unbranched alkanes of at least 4 members (excludes halogenated alkanes) is 1. The normalized spacial score (nSPS) is 13.7. The van der Waals surface area contributed by atoms with E-state index in [4.69, 9.17) is 14.2 Å². The number of nitrogens with one attached hydrogen (secondary N) is 1. The van der Waals surface area contributed by atoms with Gasteiger partial charge in [0.2, 0.25) is 0 Å².